The van der Waals surface area contributed by atoms with Crippen LogP contribution >= 0.6 is 0 Å². The summed E-state index contributed by atoms with van der Waals surface area (Å²) in [6.45, 7) is 4.59. The first-order valence-corrected chi connectivity index (χ1v) is 8.47. The largest absolute Gasteiger partial charge is 0.380 e. The topological polar surface area (TPSA) is 55.4 Å². The number of rotatable bonds is 3. The predicted molar refractivity (Wildman–Crippen MR) is 76.2 cm³/mol. The quantitative estimate of drug-likeness (QED) is 0.872. The minimum Gasteiger partial charge on any atom is -0.380 e. The van der Waals surface area contributed by atoms with Gasteiger partial charge in [-0.3, -0.25) is 0 Å². The third-order valence-corrected chi connectivity index (χ3v) is 4.53. The highest BCUT2D eigenvalue weighted by Gasteiger charge is 2.29. The van der Waals surface area contributed by atoms with Crippen molar-refractivity contribution in [1.29, 1.82) is 0 Å². The lowest BCUT2D eigenvalue weighted by Gasteiger charge is -2.36. The van der Waals surface area contributed by atoms with Crippen molar-refractivity contribution in [2.75, 3.05) is 18.2 Å². The Balaban J connectivity index is 2.21. The van der Waals surface area contributed by atoms with Crippen LogP contribution in [0.1, 0.15) is 26.7 Å². The van der Waals surface area contributed by atoms with Crippen molar-refractivity contribution in [1.82, 2.24) is 0 Å². The predicted octanol–water partition coefficient (Wildman–Crippen LogP) is 2.60. The molecule has 0 amide bonds. The smallest absolute Gasteiger partial charge is 0.175 e. The van der Waals surface area contributed by atoms with Gasteiger partial charge in [-0.25, -0.2) is 12.8 Å². The fourth-order valence-corrected chi connectivity index (χ4v) is 3.07. The van der Waals surface area contributed by atoms with Gasteiger partial charge in [-0.2, -0.15) is 0 Å². The Morgan fingerprint density at radius 3 is 2.70 bits per heavy atom. The van der Waals surface area contributed by atoms with Crippen LogP contribution in [0.25, 0.3) is 0 Å². The van der Waals surface area contributed by atoms with Crippen molar-refractivity contribution in [3.8, 4) is 0 Å². The third kappa shape index (κ3) is 3.70. The number of anilines is 1. The summed E-state index contributed by atoms with van der Waals surface area (Å²) in [4.78, 5) is 0.118. The summed E-state index contributed by atoms with van der Waals surface area (Å²) in [5.41, 5.74) is -0.0171. The Hall–Kier alpha value is -1.14. The fraction of sp³-hybridized carbons (Fsp3) is 0.571. The minimum absolute atomic E-state index is 0.0723. The van der Waals surface area contributed by atoms with E-state index in [4.69, 9.17) is 4.74 Å². The molecule has 20 heavy (non-hydrogen) atoms. The maximum absolute atomic E-state index is 13.8. The lowest BCUT2D eigenvalue weighted by Crippen LogP contribution is -2.40. The van der Waals surface area contributed by atoms with Crippen molar-refractivity contribution in [3.05, 3.63) is 24.0 Å². The second-order valence-corrected chi connectivity index (χ2v) is 7.87. The molecule has 1 aromatic carbocycles. The number of benzene rings is 1. The van der Waals surface area contributed by atoms with Crippen LogP contribution in [0, 0.1) is 5.82 Å². The molecule has 112 valence electrons. The molecule has 1 aliphatic rings. The lowest BCUT2D eigenvalue weighted by molar-refractivity contribution is -0.0553. The number of ether oxygens (including phenoxy) is 1. The van der Waals surface area contributed by atoms with E-state index in [1.807, 2.05) is 13.8 Å². The fourth-order valence-electron chi connectivity index (χ4n) is 2.42. The van der Waals surface area contributed by atoms with Gasteiger partial charge in [0.1, 0.15) is 5.82 Å². The van der Waals surface area contributed by atoms with Gasteiger partial charge in [-0.1, -0.05) is 0 Å². The molecule has 0 saturated carbocycles. The van der Waals surface area contributed by atoms with Crippen molar-refractivity contribution in [2.24, 2.45) is 0 Å². The Labute approximate surface area is 119 Å². The molecule has 1 unspecified atom stereocenters. The molecule has 0 spiro atoms. The van der Waals surface area contributed by atoms with Crippen molar-refractivity contribution in [2.45, 2.75) is 43.2 Å². The van der Waals surface area contributed by atoms with E-state index in [1.165, 1.54) is 18.2 Å². The Kier molecular flexibility index (Phi) is 4.07. The third-order valence-electron chi connectivity index (χ3n) is 3.42. The zero-order valence-electron chi connectivity index (χ0n) is 11.9. The molecular formula is C14H20FNO3S. The molecule has 0 radical (unpaired) electrons. The van der Waals surface area contributed by atoms with E-state index in [0.717, 1.165) is 19.1 Å². The van der Waals surface area contributed by atoms with E-state index < -0.39 is 15.7 Å². The molecule has 2 rings (SSSR count). The molecule has 1 N–H and O–H groups in total. The monoisotopic (exact) mass is 301 g/mol. The Morgan fingerprint density at radius 2 is 2.10 bits per heavy atom. The second-order valence-electron chi connectivity index (χ2n) is 5.86. The van der Waals surface area contributed by atoms with Crippen molar-refractivity contribution < 1.29 is 17.5 Å². The van der Waals surface area contributed by atoms with Gasteiger partial charge >= 0.3 is 0 Å². The molecule has 1 aliphatic heterocycles. The summed E-state index contributed by atoms with van der Waals surface area (Å²) < 4.78 is 42.5. The zero-order chi connectivity index (χ0) is 15.0. The first-order chi connectivity index (χ1) is 9.17. The van der Waals surface area contributed by atoms with E-state index in [9.17, 15) is 12.8 Å². The molecule has 1 saturated heterocycles. The number of hydrogen-bond donors (Lipinski definition) is 1. The molecule has 4 nitrogen and oxygen atoms in total. The van der Waals surface area contributed by atoms with Gasteiger partial charge in [-0.15, -0.1) is 0 Å². The maximum atomic E-state index is 13.8. The summed E-state index contributed by atoms with van der Waals surface area (Å²) in [7, 11) is -3.34. The molecule has 1 fully saturated rings. The first-order valence-electron chi connectivity index (χ1n) is 6.57. The average molecular weight is 301 g/mol. The Bertz CT molecular complexity index is 598. The summed E-state index contributed by atoms with van der Waals surface area (Å²) >= 11 is 0. The van der Waals surface area contributed by atoms with Gasteiger partial charge in [0.05, 0.1) is 16.2 Å². The molecule has 6 heteroatoms. The molecule has 1 heterocycles. The Morgan fingerprint density at radius 1 is 1.40 bits per heavy atom. The van der Waals surface area contributed by atoms with E-state index in [0.29, 0.717) is 6.61 Å². The van der Waals surface area contributed by atoms with Gasteiger partial charge < -0.3 is 10.1 Å². The van der Waals surface area contributed by atoms with Gasteiger partial charge in [0.2, 0.25) is 0 Å². The summed E-state index contributed by atoms with van der Waals surface area (Å²) in [5.74, 6) is -0.443. The van der Waals surface area contributed by atoms with Crippen LogP contribution in [0.15, 0.2) is 23.1 Å². The van der Waals surface area contributed by atoms with E-state index in [2.05, 4.69) is 5.32 Å². The van der Waals surface area contributed by atoms with Crippen LogP contribution in [-0.2, 0) is 14.6 Å². The molecular weight excluding hydrogens is 281 g/mol. The minimum atomic E-state index is -3.34. The highest BCUT2D eigenvalue weighted by Crippen LogP contribution is 2.28. The molecule has 1 aromatic rings. The molecule has 0 aliphatic carbocycles. The van der Waals surface area contributed by atoms with Gasteiger partial charge in [0.25, 0.3) is 0 Å². The average Bonchev–Trinajstić information content (AvgIpc) is 2.29. The van der Waals surface area contributed by atoms with Crippen LogP contribution in [0.3, 0.4) is 0 Å². The molecule has 0 bridgehead atoms. The summed E-state index contributed by atoms with van der Waals surface area (Å²) in [6, 6.07) is 3.89. The maximum Gasteiger partial charge on any atom is 0.175 e. The van der Waals surface area contributed by atoms with Crippen molar-refractivity contribution in [3.63, 3.8) is 0 Å². The summed E-state index contributed by atoms with van der Waals surface area (Å²) in [5, 5.41) is 3.10. The highest BCUT2D eigenvalue weighted by atomic mass is 32.2. The van der Waals surface area contributed by atoms with Gasteiger partial charge in [-0.05, 0) is 44.9 Å². The van der Waals surface area contributed by atoms with Crippen LogP contribution in [0.2, 0.25) is 0 Å². The number of halogens is 1. The van der Waals surface area contributed by atoms with Gasteiger partial charge in [0, 0.05) is 18.9 Å². The first kappa shape index (κ1) is 15.3. The van der Waals surface area contributed by atoms with Gasteiger partial charge in [0.15, 0.2) is 9.84 Å². The number of nitrogens with one attached hydrogen (secondary N) is 1. The van der Waals surface area contributed by atoms with Crippen LogP contribution in [0.4, 0.5) is 10.1 Å². The molecule has 1 atom stereocenters. The van der Waals surface area contributed by atoms with Crippen LogP contribution < -0.4 is 5.32 Å². The normalized spacial score (nSPS) is 22.5. The lowest BCUT2D eigenvalue weighted by atomic mass is 9.94. The van der Waals surface area contributed by atoms with Crippen LogP contribution in [0.5, 0.6) is 0 Å². The standard InChI is InChI=1S/C14H20FNO3S/c1-14(2)9-10(6-7-19-14)16-13-8-11(20(3,17)18)4-5-12(13)15/h4-5,8,10,16H,6-7,9H2,1-3H3. The van der Waals surface area contributed by atoms with E-state index >= 15 is 0 Å². The number of sulfone groups is 1. The van der Waals surface area contributed by atoms with E-state index in [-0.39, 0.29) is 22.2 Å². The second kappa shape index (κ2) is 5.33. The van der Waals surface area contributed by atoms with E-state index in [1.54, 1.807) is 0 Å². The summed E-state index contributed by atoms with van der Waals surface area (Å²) in [6.07, 6.45) is 2.63. The number of hydrogen-bond acceptors (Lipinski definition) is 4. The molecule has 0 aromatic heterocycles. The SMILES string of the molecule is CC1(C)CC(Nc2cc(S(C)(=O)=O)ccc2F)CCO1. The van der Waals surface area contributed by atoms with Crippen LogP contribution in [-0.4, -0.2) is 32.9 Å². The zero-order valence-corrected chi connectivity index (χ0v) is 12.8. The highest BCUT2D eigenvalue weighted by molar-refractivity contribution is 7.90. The van der Waals surface area contributed by atoms with Crippen molar-refractivity contribution >= 4 is 15.5 Å².